The smallest absolute Gasteiger partial charge is 0.229 e. The summed E-state index contributed by atoms with van der Waals surface area (Å²) in [6.07, 6.45) is 3.71. The van der Waals surface area contributed by atoms with E-state index >= 15 is 0 Å². The Morgan fingerprint density at radius 1 is 0.885 bits per heavy atom. The summed E-state index contributed by atoms with van der Waals surface area (Å²) in [5.74, 6) is 2.34. The lowest BCUT2D eigenvalue weighted by Crippen LogP contribution is -2.44. The Bertz CT molecular complexity index is 746. The van der Waals surface area contributed by atoms with Crippen LogP contribution in [0, 0.1) is 6.92 Å². The summed E-state index contributed by atoms with van der Waals surface area (Å²) in [6.45, 7) is 7.94. The number of aryl methyl sites for hydroxylation is 1. The van der Waals surface area contributed by atoms with Gasteiger partial charge in [-0.1, -0.05) is 29.8 Å². The van der Waals surface area contributed by atoms with E-state index in [-0.39, 0.29) is 0 Å². The number of rotatable bonds is 3. The van der Waals surface area contributed by atoms with Gasteiger partial charge in [0.25, 0.3) is 0 Å². The van der Waals surface area contributed by atoms with Crippen molar-refractivity contribution in [1.29, 1.82) is 0 Å². The van der Waals surface area contributed by atoms with E-state index in [0.29, 0.717) is 5.82 Å². The normalized spacial score (nSPS) is 18.2. The number of nitrogens with one attached hydrogen (secondary N) is 1. The van der Waals surface area contributed by atoms with Gasteiger partial charge in [0.15, 0.2) is 0 Å². The minimum absolute atomic E-state index is 0.581. The lowest BCUT2D eigenvalue weighted by atomic mass is 10.0. The van der Waals surface area contributed by atoms with Crippen molar-refractivity contribution in [2.24, 2.45) is 0 Å². The molecule has 0 amide bonds. The molecule has 4 rings (SSSR count). The van der Waals surface area contributed by atoms with Crippen LogP contribution in [0.5, 0.6) is 0 Å². The maximum Gasteiger partial charge on any atom is 0.229 e. The number of piperazine rings is 1. The molecule has 6 heteroatoms. The van der Waals surface area contributed by atoms with Gasteiger partial charge in [0.05, 0.1) is 5.56 Å². The molecule has 2 aliphatic heterocycles. The molecule has 138 valence electrons. The SMILES string of the molecule is Cc1ccc(-c2c(N)nc(N3CCNCC3)nc2N2CCCCC2)cc1. The minimum atomic E-state index is 0.581. The molecule has 2 aliphatic rings. The Morgan fingerprint density at radius 2 is 1.58 bits per heavy atom. The monoisotopic (exact) mass is 352 g/mol. The molecule has 0 radical (unpaired) electrons. The standard InChI is InChI=1S/C20H28N6/c1-15-5-7-16(8-6-15)17-18(21)23-20(26-13-9-22-10-14-26)24-19(17)25-11-3-2-4-12-25/h5-8,22H,2-4,9-14H2,1H3,(H2,21,23,24). The zero-order valence-electron chi connectivity index (χ0n) is 15.5. The quantitative estimate of drug-likeness (QED) is 0.884. The van der Waals surface area contributed by atoms with E-state index in [2.05, 4.69) is 51.3 Å². The van der Waals surface area contributed by atoms with Gasteiger partial charge in [0.1, 0.15) is 11.6 Å². The van der Waals surface area contributed by atoms with Crippen LogP contribution in [0.3, 0.4) is 0 Å². The van der Waals surface area contributed by atoms with Crippen molar-refractivity contribution in [3.8, 4) is 11.1 Å². The molecule has 0 spiro atoms. The highest BCUT2D eigenvalue weighted by molar-refractivity contribution is 5.85. The molecule has 2 saturated heterocycles. The molecule has 3 heterocycles. The molecule has 0 saturated carbocycles. The second-order valence-corrected chi connectivity index (χ2v) is 7.26. The molecular formula is C20H28N6. The summed E-state index contributed by atoms with van der Waals surface area (Å²) in [5, 5.41) is 3.38. The van der Waals surface area contributed by atoms with Crippen LogP contribution in [-0.2, 0) is 0 Å². The van der Waals surface area contributed by atoms with E-state index in [1.807, 2.05) is 0 Å². The van der Waals surface area contributed by atoms with Gasteiger partial charge >= 0.3 is 0 Å². The molecule has 26 heavy (non-hydrogen) atoms. The number of nitrogens with two attached hydrogens (primary N) is 1. The van der Waals surface area contributed by atoms with Crippen molar-refractivity contribution in [1.82, 2.24) is 15.3 Å². The Morgan fingerprint density at radius 3 is 2.27 bits per heavy atom. The number of anilines is 3. The number of nitrogens with zero attached hydrogens (tertiary/aromatic N) is 4. The highest BCUT2D eigenvalue weighted by Crippen LogP contribution is 2.36. The molecule has 1 aromatic carbocycles. The molecule has 1 aromatic heterocycles. The number of piperidine rings is 1. The third-order valence-corrected chi connectivity index (χ3v) is 5.30. The van der Waals surface area contributed by atoms with E-state index in [1.54, 1.807) is 0 Å². The minimum Gasteiger partial charge on any atom is -0.383 e. The topological polar surface area (TPSA) is 70.3 Å². The van der Waals surface area contributed by atoms with Gasteiger partial charge in [-0.3, -0.25) is 0 Å². The zero-order chi connectivity index (χ0) is 17.9. The number of hydrogen-bond acceptors (Lipinski definition) is 6. The third kappa shape index (κ3) is 3.46. The van der Waals surface area contributed by atoms with Crippen molar-refractivity contribution in [3.63, 3.8) is 0 Å². The van der Waals surface area contributed by atoms with E-state index in [1.165, 1.54) is 24.8 Å². The predicted octanol–water partition coefficient (Wildman–Crippen LogP) is 2.43. The average Bonchev–Trinajstić information content (AvgIpc) is 2.70. The molecule has 0 bridgehead atoms. The van der Waals surface area contributed by atoms with Gasteiger partial charge in [-0.15, -0.1) is 0 Å². The first-order chi connectivity index (χ1) is 12.7. The average molecular weight is 352 g/mol. The summed E-state index contributed by atoms with van der Waals surface area (Å²) in [7, 11) is 0. The first kappa shape index (κ1) is 17.1. The summed E-state index contributed by atoms with van der Waals surface area (Å²) in [4.78, 5) is 14.3. The fourth-order valence-corrected chi connectivity index (χ4v) is 3.79. The first-order valence-corrected chi connectivity index (χ1v) is 9.67. The maximum absolute atomic E-state index is 6.49. The van der Waals surface area contributed by atoms with Crippen molar-refractivity contribution in [2.45, 2.75) is 26.2 Å². The van der Waals surface area contributed by atoms with Crippen molar-refractivity contribution >= 4 is 17.6 Å². The molecule has 0 unspecified atom stereocenters. The van der Waals surface area contributed by atoms with E-state index in [4.69, 9.17) is 10.7 Å². The molecule has 2 aromatic rings. The van der Waals surface area contributed by atoms with Gasteiger partial charge < -0.3 is 20.9 Å². The Labute approximate surface area is 155 Å². The van der Waals surface area contributed by atoms with Crippen LogP contribution in [-0.4, -0.2) is 49.2 Å². The summed E-state index contributed by atoms with van der Waals surface area (Å²) >= 11 is 0. The number of benzene rings is 1. The van der Waals surface area contributed by atoms with Gasteiger partial charge in [-0.2, -0.15) is 9.97 Å². The number of aromatic nitrogens is 2. The number of hydrogen-bond donors (Lipinski definition) is 2. The lowest BCUT2D eigenvalue weighted by molar-refractivity contribution is 0.567. The van der Waals surface area contributed by atoms with Crippen LogP contribution in [0.4, 0.5) is 17.6 Å². The summed E-state index contributed by atoms with van der Waals surface area (Å²) < 4.78 is 0. The van der Waals surface area contributed by atoms with Crippen LogP contribution in [0.1, 0.15) is 24.8 Å². The van der Waals surface area contributed by atoms with Gasteiger partial charge in [0, 0.05) is 39.3 Å². The summed E-state index contributed by atoms with van der Waals surface area (Å²) in [6, 6.07) is 8.50. The van der Waals surface area contributed by atoms with Crippen LogP contribution in [0.25, 0.3) is 11.1 Å². The van der Waals surface area contributed by atoms with Crippen molar-refractivity contribution in [2.75, 3.05) is 54.8 Å². The summed E-state index contributed by atoms with van der Waals surface area (Å²) in [5.41, 5.74) is 9.80. The Hall–Kier alpha value is -2.34. The van der Waals surface area contributed by atoms with Crippen LogP contribution < -0.4 is 20.9 Å². The highest BCUT2D eigenvalue weighted by Gasteiger charge is 2.23. The van der Waals surface area contributed by atoms with Crippen LogP contribution in [0.15, 0.2) is 24.3 Å². The van der Waals surface area contributed by atoms with Crippen molar-refractivity contribution < 1.29 is 0 Å². The van der Waals surface area contributed by atoms with Gasteiger partial charge in [-0.05, 0) is 31.7 Å². The third-order valence-electron chi connectivity index (χ3n) is 5.30. The molecule has 6 nitrogen and oxygen atoms in total. The molecule has 2 fully saturated rings. The predicted molar refractivity (Wildman–Crippen MR) is 108 cm³/mol. The lowest BCUT2D eigenvalue weighted by Gasteiger charge is -2.32. The molecule has 0 aliphatic carbocycles. The van der Waals surface area contributed by atoms with E-state index < -0.39 is 0 Å². The van der Waals surface area contributed by atoms with Gasteiger partial charge in [-0.25, -0.2) is 0 Å². The number of nitrogen functional groups attached to an aromatic ring is 1. The van der Waals surface area contributed by atoms with Crippen LogP contribution >= 0.6 is 0 Å². The molecule has 3 N–H and O–H groups in total. The second-order valence-electron chi connectivity index (χ2n) is 7.26. The second kappa shape index (κ2) is 7.50. The van der Waals surface area contributed by atoms with Gasteiger partial charge in [0.2, 0.25) is 5.95 Å². The first-order valence-electron chi connectivity index (χ1n) is 9.67. The molecular weight excluding hydrogens is 324 g/mol. The Balaban J connectivity index is 1.79. The molecule has 0 atom stereocenters. The van der Waals surface area contributed by atoms with Crippen molar-refractivity contribution in [3.05, 3.63) is 29.8 Å². The van der Waals surface area contributed by atoms with E-state index in [9.17, 15) is 0 Å². The fraction of sp³-hybridized carbons (Fsp3) is 0.500. The van der Waals surface area contributed by atoms with Crippen LogP contribution in [0.2, 0.25) is 0 Å². The fourth-order valence-electron chi connectivity index (χ4n) is 3.79. The zero-order valence-corrected chi connectivity index (χ0v) is 15.5. The largest absolute Gasteiger partial charge is 0.383 e. The Kier molecular flexibility index (Phi) is 4.93. The van der Waals surface area contributed by atoms with E-state index in [0.717, 1.165) is 62.2 Å². The maximum atomic E-state index is 6.49. The highest BCUT2D eigenvalue weighted by atomic mass is 15.3.